The van der Waals surface area contributed by atoms with Gasteiger partial charge in [-0.3, -0.25) is 4.68 Å². The van der Waals surface area contributed by atoms with Crippen LogP contribution in [0.3, 0.4) is 0 Å². The summed E-state index contributed by atoms with van der Waals surface area (Å²) in [7, 11) is 0. The van der Waals surface area contributed by atoms with Crippen LogP contribution in [-0.4, -0.2) is 27.5 Å². The third kappa shape index (κ3) is 3.98. The molecule has 0 spiro atoms. The Labute approximate surface area is 117 Å². The Morgan fingerprint density at radius 3 is 3.05 bits per heavy atom. The number of nitrogens with zero attached hydrogens (tertiary/aromatic N) is 2. The summed E-state index contributed by atoms with van der Waals surface area (Å²) in [6, 6.07) is 7.52. The summed E-state index contributed by atoms with van der Waals surface area (Å²) in [5, 5.41) is 12.8. The molecule has 1 aromatic carbocycles. The first kappa shape index (κ1) is 13.9. The molecule has 0 radical (unpaired) electrons. The number of aryl methyl sites for hydroxylation is 1. The molecule has 0 aliphatic rings. The summed E-state index contributed by atoms with van der Waals surface area (Å²) in [5.41, 5.74) is 1.81. The van der Waals surface area contributed by atoms with Crippen molar-refractivity contribution in [3.8, 4) is 5.75 Å². The predicted octanol–water partition coefficient (Wildman–Crippen LogP) is 2.37. The summed E-state index contributed by atoms with van der Waals surface area (Å²) in [6.45, 7) is 3.06. The molecule has 0 unspecified atom stereocenters. The lowest BCUT2D eigenvalue weighted by atomic mass is 10.1. The van der Waals surface area contributed by atoms with E-state index in [1.165, 1.54) is 0 Å². The van der Waals surface area contributed by atoms with E-state index in [0.717, 1.165) is 17.2 Å². The number of aliphatic carboxylic acids is 1. The Kier molecular flexibility index (Phi) is 4.55. The van der Waals surface area contributed by atoms with Crippen molar-refractivity contribution >= 4 is 12.0 Å². The highest BCUT2D eigenvalue weighted by atomic mass is 16.5. The molecular weight excluding hydrogens is 256 g/mol. The van der Waals surface area contributed by atoms with Gasteiger partial charge < -0.3 is 9.84 Å². The van der Waals surface area contributed by atoms with Gasteiger partial charge in [0.1, 0.15) is 12.4 Å². The van der Waals surface area contributed by atoms with Crippen molar-refractivity contribution in [3.05, 3.63) is 53.9 Å². The third-order valence-electron chi connectivity index (χ3n) is 2.71. The molecule has 2 rings (SSSR count). The average molecular weight is 272 g/mol. The Hall–Kier alpha value is -2.56. The molecule has 0 bridgehead atoms. The molecule has 0 saturated heterocycles. The van der Waals surface area contributed by atoms with E-state index in [1.54, 1.807) is 17.0 Å². The number of benzene rings is 1. The normalized spacial score (nSPS) is 10.8. The van der Waals surface area contributed by atoms with Gasteiger partial charge in [-0.1, -0.05) is 11.6 Å². The van der Waals surface area contributed by atoms with Gasteiger partial charge in [-0.2, -0.15) is 5.10 Å². The maximum Gasteiger partial charge on any atom is 0.328 e. The van der Waals surface area contributed by atoms with Crippen molar-refractivity contribution in [2.24, 2.45) is 0 Å². The number of carbonyl (C=O) groups is 1. The van der Waals surface area contributed by atoms with Crippen LogP contribution < -0.4 is 4.74 Å². The van der Waals surface area contributed by atoms with Gasteiger partial charge in [0.25, 0.3) is 0 Å². The number of rotatable bonds is 6. The molecule has 104 valence electrons. The average Bonchev–Trinajstić information content (AvgIpc) is 2.91. The van der Waals surface area contributed by atoms with Crippen LogP contribution in [-0.2, 0) is 11.3 Å². The van der Waals surface area contributed by atoms with Gasteiger partial charge in [-0.25, -0.2) is 4.79 Å². The first-order valence-corrected chi connectivity index (χ1v) is 6.27. The fourth-order valence-corrected chi connectivity index (χ4v) is 1.77. The minimum atomic E-state index is -0.978. The summed E-state index contributed by atoms with van der Waals surface area (Å²) >= 11 is 0. The van der Waals surface area contributed by atoms with E-state index < -0.39 is 5.97 Å². The Morgan fingerprint density at radius 2 is 2.35 bits per heavy atom. The van der Waals surface area contributed by atoms with Crippen LogP contribution in [0.25, 0.3) is 6.08 Å². The van der Waals surface area contributed by atoms with Crippen LogP contribution in [0.2, 0.25) is 0 Å². The maximum atomic E-state index is 10.6. The van der Waals surface area contributed by atoms with Crippen LogP contribution in [0.5, 0.6) is 5.75 Å². The molecule has 5 heteroatoms. The molecule has 1 heterocycles. The van der Waals surface area contributed by atoms with Crippen molar-refractivity contribution in [3.63, 3.8) is 0 Å². The van der Waals surface area contributed by atoms with Crippen LogP contribution >= 0.6 is 0 Å². The van der Waals surface area contributed by atoms with E-state index in [0.29, 0.717) is 18.9 Å². The number of hydrogen-bond donors (Lipinski definition) is 1. The van der Waals surface area contributed by atoms with Gasteiger partial charge in [0.15, 0.2) is 0 Å². The largest absolute Gasteiger partial charge is 0.491 e. The third-order valence-corrected chi connectivity index (χ3v) is 2.71. The zero-order chi connectivity index (χ0) is 14.4. The van der Waals surface area contributed by atoms with E-state index in [4.69, 9.17) is 9.84 Å². The second kappa shape index (κ2) is 6.56. The van der Waals surface area contributed by atoms with Crippen molar-refractivity contribution in [2.75, 3.05) is 6.61 Å². The first-order chi connectivity index (χ1) is 9.65. The van der Waals surface area contributed by atoms with Crippen LogP contribution in [0.15, 0.2) is 42.7 Å². The molecular formula is C15H16N2O3. The highest BCUT2D eigenvalue weighted by Crippen LogP contribution is 2.21. The molecule has 20 heavy (non-hydrogen) atoms. The summed E-state index contributed by atoms with van der Waals surface area (Å²) in [5.74, 6) is -0.311. The summed E-state index contributed by atoms with van der Waals surface area (Å²) in [4.78, 5) is 10.6. The van der Waals surface area contributed by atoms with E-state index in [1.807, 2.05) is 37.4 Å². The molecule has 0 fully saturated rings. The van der Waals surface area contributed by atoms with Gasteiger partial charge >= 0.3 is 5.97 Å². The minimum Gasteiger partial charge on any atom is -0.491 e. The fourth-order valence-electron chi connectivity index (χ4n) is 1.77. The van der Waals surface area contributed by atoms with Crippen molar-refractivity contribution < 1.29 is 14.6 Å². The second-order valence-electron chi connectivity index (χ2n) is 4.33. The van der Waals surface area contributed by atoms with E-state index >= 15 is 0 Å². The predicted molar refractivity (Wildman–Crippen MR) is 75.6 cm³/mol. The standard InChI is InChI=1S/C15H16N2O3/c1-12-3-5-14(13(11-12)4-6-15(18)19)20-10-9-17-8-2-7-16-17/h2-8,11H,9-10H2,1H3,(H,18,19). The second-order valence-corrected chi connectivity index (χ2v) is 4.33. The molecule has 0 aliphatic heterocycles. The van der Waals surface area contributed by atoms with Gasteiger partial charge in [0.05, 0.1) is 6.54 Å². The monoisotopic (exact) mass is 272 g/mol. The molecule has 5 nitrogen and oxygen atoms in total. The van der Waals surface area contributed by atoms with Gasteiger partial charge in [0, 0.05) is 24.0 Å². The van der Waals surface area contributed by atoms with Gasteiger partial charge in [0.2, 0.25) is 0 Å². The van der Waals surface area contributed by atoms with Crippen LogP contribution in [0.1, 0.15) is 11.1 Å². The van der Waals surface area contributed by atoms with Crippen LogP contribution in [0, 0.1) is 6.92 Å². The summed E-state index contributed by atoms with van der Waals surface area (Å²) < 4.78 is 7.47. The Balaban J connectivity index is 2.04. The lowest BCUT2D eigenvalue weighted by Crippen LogP contribution is -2.09. The number of hydrogen-bond acceptors (Lipinski definition) is 3. The maximum absolute atomic E-state index is 10.6. The van der Waals surface area contributed by atoms with Gasteiger partial charge in [-0.05, 0) is 31.2 Å². The smallest absolute Gasteiger partial charge is 0.328 e. The zero-order valence-corrected chi connectivity index (χ0v) is 11.2. The molecule has 0 aliphatic carbocycles. The lowest BCUT2D eigenvalue weighted by Gasteiger charge is -2.10. The molecule has 0 saturated carbocycles. The van der Waals surface area contributed by atoms with E-state index in [2.05, 4.69) is 5.10 Å². The van der Waals surface area contributed by atoms with E-state index in [-0.39, 0.29) is 0 Å². The highest BCUT2D eigenvalue weighted by Gasteiger charge is 2.02. The molecule has 0 atom stereocenters. The minimum absolute atomic E-state index is 0.471. The molecule has 1 aromatic heterocycles. The lowest BCUT2D eigenvalue weighted by molar-refractivity contribution is -0.131. The van der Waals surface area contributed by atoms with Crippen molar-refractivity contribution in [2.45, 2.75) is 13.5 Å². The fraction of sp³-hybridized carbons (Fsp3) is 0.200. The molecule has 1 N–H and O–H groups in total. The SMILES string of the molecule is Cc1ccc(OCCn2cccn2)c(C=CC(=O)O)c1. The topological polar surface area (TPSA) is 64.4 Å². The van der Waals surface area contributed by atoms with Gasteiger partial charge in [-0.15, -0.1) is 0 Å². The first-order valence-electron chi connectivity index (χ1n) is 6.27. The quantitative estimate of drug-likeness (QED) is 0.820. The van der Waals surface area contributed by atoms with Crippen LogP contribution in [0.4, 0.5) is 0 Å². The number of carboxylic acids is 1. The number of aromatic nitrogens is 2. The van der Waals surface area contributed by atoms with Crippen molar-refractivity contribution in [1.82, 2.24) is 9.78 Å². The Morgan fingerprint density at radius 1 is 1.50 bits per heavy atom. The highest BCUT2D eigenvalue weighted by molar-refractivity contribution is 5.85. The van der Waals surface area contributed by atoms with Crippen molar-refractivity contribution in [1.29, 1.82) is 0 Å². The molecule has 2 aromatic rings. The molecule has 0 amide bonds. The Bertz CT molecular complexity index is 604. The number of ether oxygens (including phenoxy) is 1. The summed E-state index contributed by atoms with van der Waals surface area (Å²) in [6.07, 6.45) is 6.23. The zero-order valence-electron chi connectivity index (χ0n) is 11.2. The number of carboxylic acid groups (broad SMARTS) is 1. The van der Waals surface area contributed by atoms with E-state index in [9.17, 15) is 4.79 Å².